The molecule has 3 atom stereocenters. The molecule has 3 fully saturated rings. The highest BCUT2D eigenvalue weighted by molar-refractivity contribution is 5.92. The molecule has 3 unspecified atom stereocenters. The van der Waals surface area contributed by atoms with Crippen molar-refractivity contribution in [3.63, 3.8) is 0 Å². The van der Waals surface area contributed by atoms with Crippen LogP contribution in [-0.4, -0.2) is 78.1 Å². The monoisotopic (exact) mass is 576 g/mol. The van der Waals surface area contributed by atoms with Gasteiger partial charge in [-0.1, -0.05) is 42.5 Å². The number of nitrogens with zero attached hydrogens (tertiary/aromatic N) is 7. The minimum absolute atomic E-state index is 0.0613. The summed E-state index contributed by atoms with van der Waals surface area (Å²) in [6.45, 7) is 5.98. The lowest BCUT2D eigenvalue weighted by Gasteiger charge is -2.49. The van der Waals surface area contributed by atoms with Gasteiger partial charge in [-0.3, -0.25) is 14.5 Å². The quantitative estimate of drug-likeness (QED) is 0.255. The Morgan fingerprint density at radius 3 is 2.86 bits per heavy atom. The molecule has 1 spiro atoms. The van der Waals surface area contributed by atoms with Crippen LogP contribution < -0.4 is 5.73 Å². The average Bonchev–Trinajstić information content (AvgIpc) is 3.32. The van der Waals surface area contributed by atoms with Gasteiger partial charge in [0.15, 0.2) is 5.82 Å². The molecule has 1 saturated carbocycles. The summed E-state index contributed by atoms with van der Waals surface area (Å²) in [6.07, 6.45) is 7.65. The highest BCUT2D eigenvalue weighted by Gasteiger charge is 2.76. The minimum atomic E-state index is -0.139. The number of ether oxygens (including phenoxy) is 1. The molecule has 0 bridgehead atoms. The van der Waals surface area contributed by atoms with E-state index < -0.39 is 0 Å². The zero-order chi connectivity index (χ0) is 29.1. The molecule has 3 aliphatic rings. The van der Waals surface area contributed by atoms with E-state index in [4.69, 9.17) is 15.6 Å². The molecule has 1 aliphatic carbocycles. The number of carbonyl (C=O) groups is 1. The highest BCUT2D eigenvalue weighted by atomic mass is 16.6. The van der Waals surface area contributed by atoms with Gasteiger partial charge < -0.3 is 10.5 Å². The van der Waals surface area contributed by atoms with Gasteiger partial charge in [0.05, 0.1) is 30.2 Å². The molecule has 2 aliphatic heterocycles. The Hall–Kier alpha value is -4.44. The number of nitrogen functional groups attached to an aromatic ring is 1. The molecule has 2 aromatic carbocycles. The Bertz CT molecular complexity index is 1830. The number of aryl methyl sites for hydroxylation is 1. The molecule has 5 aromatic rings. The van der Waals surface area contributed by atoms with E-state index in [-0.39, 0.29) is 11.6 Å². The Kier molecular flexibility index (Phi) is 6.15. The van der Waals surface area contributed by atoms with Crippen molar-refractivity contribution in [2.45, 2.75) is 50.7 Å². The first-order chi connectivity index (χ1) is 21.0. The van der Waals surface area contributed by atoms with Crippen LogP contribution in [0.25, 0.3) is 27.5 Å². The summed E-state index contributed by atoms with van der Waals surface area (Å²) in [5.41, 5.74) is 12.7. The number of unbranched alkanes of at least 4 members (excludes halogenated alkanes) is 1. The standard InChI is InChI=1S/C33H36N8O2/c1-2-43-32(42)40-20-29-33(40)16-25(33)19-38(29)13-7-6-10-26-15-27(30-31(34)35-21-36-41(26)30)23-11-12-24-18-39(37-28(24)14-23)17-22-8-4-3-5-9-22/h3-5,8-9,11-12,14-15,18,21,25,29H,2,6-7,10,13,16-17,19-20H2,1H3,(H2,34,35,36). The second-order valence-electron chi connectivity index (χ2n) is 12.2. The van der Waals surface area contributed by atoms with Gasteiger partial charge in [0.25, 0.3) is 0 Å². The fourth-order valence-electron chi connectivity index (χ4n) is 7.64. The molecule has 10 heteroatoms. The fraction of sp³-hybridized carbons (Fsp3) is 0.394. The first-order valence-electron chi connectivity index (χ1n) is 15.4. The van der Waals surface area contributed by atoms with E-state index in [0.717, 1.165) is 85.1 Å². The van der Waals surface area contributed by atoms with Gasteiger partial charge >= 0.3 is 6.09 Å². The van der Waals surface area contributed by atoms with Crippen molar-refractivity contribution in [2.75, 3.05) is 32.0 Å². The van der Waals surface area contributed by atoms with E-state index in [1.165, 1.54) is 11.9 Å². The van der Waals surface area contributed by atoms with E-state index in [9.17, 15) is 4.79 Å². The van der Waals surface area contributed by atoms with E-state index in [1.54, 1.807) is 0 Å². The van der Waals surface area contributed by atoms with Gasteiger partial charge in [-0.25, -0.2) is 14.3 Å². The van der Waals surface area contributed by atoms with Crippen molar-refractivity contribution in [1.29, 1.82) is 0 Å². The Morgan fingerprint density at radius 2 is 2.00 bits per heavy atom. The van der Waals surface area contributed by atoms with Gasteiger partial charge in [-0.15, -0.1) is 0 Å². The van der Waals surface area contributed by atoms with Crippen LogP contribution in [0, 0.1) is 5.92 Å². The molecule has 10 nitrogen and oxygen atoms in total. The van der Waals surface area contributed by atoms with E-state index >= 15 is 0 Å². The number of piperidine rings is 1. The Labute approximate surface area is 250 Å². The topological polar surface area (TPSA) is 107 Å². The summed E-state index contributed by atoms with van der Waals surface area (Å²) in [4.78, 5) is 21.2. The molecule has 1 amide bonds. The molecule has 2 N–H and O–H groups in total. The van der Waals surface area contributed by atoms with Gasteiger partial charge in [-0.2, -0.15) is 10.2 Å². The van der Waals surface area contributed by atoms with Gasteiger partial charge in [0.1, 0.15) is 11.8 Å². The molecule has 2 saturated heterocycles. The SMILES string of the molecule is CCOC(=O)N1CC2N(CCCCc3cc(-c4ccc5cn(Cc6ccccc6)nc5c4)c4c(N)ncnn34)CC3CC321. The molecule has 8 rings (SSSR count). The van der Waals surface area contributed by atoms with E-state index in [1.807, 2.05) is 27.1 Å². The van der Waals surface area contributed by atoms with Gasteiger partial charge in [-0.05, 0) is 68.3 Å². The molecule has 3 aromatic heterocycles. The second kappa shape index (κ2) is 10.1. The number of hydrogen-bond donors (Lipinski definition) is 1. The minimum Gasteiger partial charge on any atom is -0.450 e. The van der Waals surface area contributed by atoms with Crippen LogP contribution >= 0.6 is 0 Å². The fourth-order valence-corrected chi connectivity index (χ4v) is 7.64. The van der Waals surface area contributed by atoms with Crippen LogP contribution in [0.1, 0.15) is 37.4 Å². The van der Waals surface area contributed by atoms with Gasteiger partial charge in [0, 0.05) is 35.9 Å². The highest BCUT2D eigenvalue weighted by Crippen LogP contribution is 2.63. The maximum absolute atomic E-state index is 12.4. The molecule has 220 valence electrons. The zero-order valence-corrected chi connectivity index (χ0v) is 24.4. The number of hydrogen-bond acceptors (Lipinski definition) is 7. The second-order valence-corrected chi connectivity index (χ2v) is 12.2. The third-order valence-corrected chi connectivity index (χ3v) is 9.78. The van der Waals surface area contributed by atoms with Crippen molar-refractivity contribution in [1.82, 2.24) is 34.2 Å². The third kappa shape index (κ3) is 4.26. The molecule has 5 heterocycles. The lowest BCUT2D eigenvalue weighted by molar-refractivity contribution is -0.0146. The van der Waals surface area contributed by atoms with Crippen molar-refractivity contribution >= 4 is 28.3 Å². The summed E-state index contributed by atoms with van der Waals surface area (Å²) in [5, 5.41) is 10.6. The maximum atomic E-state index is 12.4. The van der Waals surface area contributed by atoms with E-state index in [0.29, 0.717) is 24.4 Å². The summed E-state index contributed by atoms with van der Waals surface area (Å²) in [6, 6.07) is 19.5. The molecular formula is C33H36N8O2. The Balaban J connectivity index is 0.965. The predicted molar refractivity (Wildman–Crippen MR) is 165 cm³/mol. The third-order valence-electron chi connectivity index (χ3n) is 9.78. The number of aromatic nitrogens is 5. The lowest BCUT2D eigenvalue weighted by atomic mass is 9.93. The molecular weight excluding hydrogens is 540 g/mol. The summed E-state index contributed by atoms with van der Waals surface area (Å²) >= 11 is 0. The van der Waals surface area contributed by atoms with Gasteiger partial charge in [0.2, 0.25) is 0 Å². The number of rotatable bonds is 9. The van der Waals surface area contributed by atoms with Crippen molar-refractivity contribution in [2.24, 2.45) is 5.92 Å². The van der Waals surface area contributed by atoms with Crippen LogP contribution in [0.4, 0.5) is 10.6 Å². The van der Waals surface area contributed by atoms with Crippen LogP contribution in [0.2, 0.25) is 0 Å². The lowest BCUT2D eigenvalue weighted by Crippen LogP contribution is -2.67. The van der Waals surface area contributed by atoms with Crippen LogP contribution in [-0.2, 0) is 17.7 Å². The first-order valence-corrected chi connectivity index (χ1v) is 15.4. The summed E-state index contributed by atoms with van der Waals surface area (Å²) in [7, 11) is 0. The van der Waals surface area contributed by atoms with Crippen LogP contribution in [0.5, 0.6) is 0 Å². The van der Waals surface area contributed by atoms with Crippen molar-refractivity contribution in [3.05, 3.63) is 78.4 Å². The summed E-state index contributed by atoms with van der Waals surface area (Å²) in [5.74, 6) is 1.08. The number of anilines is 1. The zero-order valence-electron chi connectivity index (χ0n) is 24.4. The van der Waals surface area contributed by atoms with Crippen LogP contribution in [0.3, 0.4) is 0 Å². The van der Waals surface area contributed by atoms with Crippen molar-refractivity contribution in [3.8, 4) is 11.1 Å². The molecule has 43 heavy (non-hydrogen) atoms. The predicted octanol–water partition coefficient (Wildman–Crippen LogP) is 4.61. The Morgan fingerprint density at radius 1 is 1.12 bits per heavy atom. The number of fused-ring (bicyclic) bond motifs is 2. The number of carbonyl (C=O) groups excluding carboxylic acids is 1. The summed E-state index contributed by atoms with van der Waals surface area (Å²) < 4.78 is 9.24. The first kappa shape index (κ1) is 26.2. The largest absolute Gasteiger partial charge is 0.450 e. The maximum Gasteiger partial charge on any atom is 0.410 e. The number of benzene rings is 2. The van der Waals surface area contributed by atoms with E-state index in [2.05, 4.69) is 69.7 Å². The van der Waals surface area contributed by atoms with Crippen molar-refractivity contribution < 1.29 is 9.53 Å². The molecule has 0 radical (unpaired) electrons. The normalized spacial score (nSPS) is 22.5. The average molecular weight is 577 g/mol. The number of nitrogens with two attached hydrogens (primary N) is 1. The number of likely N-dealkylation sites (tertiary alicyclic amines) is 2. The smallest absolute Gasteiger partial charge is 0.410 e. The van der Waals surface area contributed by atoms with Crippen LogP contribution in [0.15, 0.2) is 67.1 Å². The number of amides is 1.